The van der Waals surface area contributed by atoms with Crippen LogP contribution in [0.25, 0.3) is 6.08 Å². The van der Waals surface area contributed by atoms with Crippen molar-refractivity contribution in [2.24, 2.45) is 0 Å². The molecule has 0 aromatic heterocycles. The fourth-order valence-corrected chi connectivity index (χ4v) is 1.44. The van der Waals surface area contributed by atoms with Crippen molar-refractivity contribution in [3.05, 3.63) is 35.9 Å². The summed E-state index contributed by atoms with van der Waals surface area (Å²) in [5, 5.41) is 3.33. The normalized spacial score (nSPS) is 13.0. The molecule has 0 fully saturated rings. The van der Waals surface area contributed by atoms with Gasteiger partial charge in [0.25, 0.3) is 0 Å². The molecule has 1 rings (SSSR count). The number of likely N-dealkylation sites (N-methyl/N-ethyl adjacent to an activating group) is 1. The molecule has 0 aliphatic carbocycles. The molecule has 0 saturated carbocycles. The first-order valence-corrected chi connectivity index (χ1v) is 5.32. The fraction of sp³-hybridized carbons (Fsp3) is 0.385. The van der Waals surface area contributed by atoms with Gasteiger partial charge >= 0.3 is 0 Å². The van der Waals surface area contributed by atoms with Gasteiger partial charge in [0.2, 0.25) is 0 Å². The lowest BCUT2D eigenvalue weighted by Crippen LogP contribution is -2.22. The maximum absolute atomic E-state index is 5.27. The average molecular weight is 205 g/mol. The molecule has 1 N–H and O–H groups in total. The molecular weight excluding hydrogens is 186 g/mol. The van der Waals surface area contributed by atoms with Crippen molar-refractivity contribution in [2.75, 3.05) is 13.7 Å². The molecule has 0 heterocycles. The van der Waals surface area contributed by atoms with Gasteiger partial charge in [0.1, 0.15) is 5.75 Å². The van der Waals surface area contributed by atoms with E-state index in [0.29, 0.717) is 6.04 Å². The molecule has 1 atom stereocenters. The predicted octanol–water partition coefficient (Wildman–Crippen LogP) is 2.71. The van der Waals surface area contributed by atoms with Gasteiger partial charge in [0.05, 0.1) is 7.11 Å². The lowest BCUT2D eigenvalue weighted by Gasteiger charge is -2.07. The smallest absolute Gasteiger partial charge is 0.126 e. The molecule has 2 heteroatoms. The van der Waals surface area contributed by atoms with Crippen LogP contribution in [0, 0.1) is 0 Å². The first kappa shape index (κ1) is 11.8. The van der Waals surface area contributed by atoms with E-state index in [-0.39, 0.29) is 0 Å². The monoisotopic (exact) mass is 205 g/mol. The van der Waals surface area contributed by atoms with E-state index in [4.69, 9.17) is 4.74 Å². The van der Waals surface area contributed by atoms with Crippen LogP contribution in [0.4, 0.5) is 0 Å². The molecule has 0 aliphatic rings. The number of hydrogen-bond donors (Lipinski definition) is 1. The van der Waals surface area contributed by atoms with E-state index in [9.17, 15) is 0 Å². The molecule has 0 bridgehead atoms. The maximum Gasteiger partial charge on any atom is 0.126 e. The van der Waals surface area contributed by atoms with Crippen LogP contribution in [0.2, 0.25) is 0 Å². The summed E-state index contributed by atoms with van der Waals surface area (Å²) in [5.41, 5.74) is 1.12. The van der Waals surface area contributed by atoms with Gasteiger partial charge in [-0.3, -0.25) is 0 Å². The Bertz CT molecular complexity index is 320. The van der Waals surface area contributed by atoms with Crippen molar-refractivity contribution in [1.82, 2.24) is 5.32 Å². The van der Waals surface area contributed by atoms with Crippen LogP contribution in [-0.2, 0) is 0 Å². The van der Waals surface area contributed by atoms with E-state index in [1.807, 2.05) is 24.3 Å². The van der Waals surface area contributed by atoms with Gasteiger partial charge in [-0.2, -0.15) is 0 Å². The SMILES string of the molecule is CCNC(C)/C=C/c1ccccc1OC. The zero-order valence-electron chi connectivity index (χ0n) is 9.66. The second kappa shape index (κ2) is 6.25. The molecule has 0 radical (unpaired) electrons. The van der Waals surface area contributed by atoms with Crippen LogP contribution in [0.1, 0.15) is 19.4 Å². The first-order valence-electron chi connectivity index (χ1n) is 5.32. The number of rotatable bonds is 5. The summed E-state index contributed by atoms with van der Waals surface area (Å²) in [6.45, 7) is 5.22. The molecule has 0 saturated heterocycles. The molecule has 0 spiro atoms. The Morgan fingerprint density at radius 3 is 2.80 bits per heavy atom. The van der Waals surface area contributed by atoms with E-state index in [2.05, 4.69) is 31.3 Å². The van der Waals surface area contributed by atoms with Crippen molar-refractivity contribution in [3.63, 3.8) is 0 Å². The fourth-order valence-electron chi connectivity index (χ4n) is 1.44. The van der Waals surface area contributed by atoms with Gasteiger partial charge in [-0.25, -0.2) is 0 Å². The van der Waals surface area contributed by atoms with Gasteiger partial charge in [0.15, 0.2) is 0 Å². The van der Waals surface area contributed by atoms with Gasteiger partial charge in [-0.1, -0.05) is 37.3 Å². The second-order valence-electron chi connectivity index (χ2n) is 3.45. The maximum atomic E-state index is 5.27. The Labute approximate surface area is 92.0 Å². The van der Waals surface area contributed by atoms with E-state index >= 15 is 0 Å². The van der Waals surface area contributed by atoms with Crippen LogP contribution in [0.5, 0.6) is 5.75 Å². The average Bonchev–Trinajstić information content (AvgIpc) is 2.27. The Kier molecular flexibility index (Phi) is 4.91. The number of hydrogen-bond acceptors (Lipinski definition) is 2. The largest absolute Gasteiger partial charge is 0.496 e. The molecule has 82 valence electrons. The van der Waals surface area contributed by atoms with Crippen molar-refractivity contribution < 1.29 is 4.74 Å². The molecule has 2 nitrogen and oxygen atoms in total. The van der Waals surface area contributed by atoms with Crippen LogP contribution in [0.3, 0.4) is 0 Å². The third-order valence-electron chi connectivity index (χ3n) is 2.23. The van der Waals surface area contributed by atoms with Gasteiger partial charge in [-0.05, 0) is 19.5 Å². The van der Waals surface area contributed by atoms with Crippen LogP contribution in [0.15, 0.2) is 30.3 Å². The third kappa shape index (κ3) is 3.76. The molecule has 1 aromatic rings. The number of methoxy groups -OCH3 is 1. The Morgan fingerprint density at radius 1 is 1.40 bits per heavy atom. The molecule has 1 unspecified atom stereocenters. The van der Waals surface area contributed by atoms with E-state index in [0.717, 1.165) is 17.9 Å². The highest BCUT2D eigenvalue weighted by molar-refractivity contribution is 5.57. The van der Waals surface area contributed by atoms with Crippen LogP contribution < -0.4 is 10.1 Å². The van der Waals surface area contributed by atoms with Crippen LogP contribution in [-0.4, -0.2) is 19.7 Å². The Morgan fingerprint density at radius 2 is 2.13 bits per heavy atom. The lowest BCUT2D eigenvalue weighted by atomic mass is 10.1. The summed E-state index contributed by atoms with van der Waals surface area (Å²) >= 11 is 0. The van der Waals surface area contributed by atoms with Crippen molar-refractivity contribution in [2.45, 2.75) is 19.9 Å². The van der Waals surface area contributed by atoms with Crippen LogP contribution >= 0.6 is 0 Å². The first-order chi connectivity index (χ1) is 7.27. The highest BCUT2D eigenvalue weighted by Crippen LogP contribution is 2.18. The Hall–Kier alpha value is -1.28. The van der Waals surface area contributed by atoms with E-state index in [1.54, 1.807) is 7.11 Å². The van der Waals surface area contributed by atoms with Gasteiger partial charge in [0, 0.05) is 11.6 Å². The number of para-hydroxylation sites is 1. The predicted molar refractivity (Wildman–Crippen MR) is 65.2 cm³/mol. The van der Waals surface area contributed by atoms with Crippen molar-refractivity contribution in [1.29, 1.82) is 0 Å². The lowest BCUT2D eigenvalue weighted by molar-refractivity contribution is 0.414. The standard InChI is InChI=1S/C13H19NO/c1-4-14-11(2)9-10-12-7-5-6-8-13(12)15-3/h5-11,14H,4H2,1-3H3/b10-9+. The summed E-state index contributed by atoms with van der Waals surface area (Å²) in [6, 6.07) is 8.40. The molecular formula is C13H19NO. The number of ether oxygens (including phenoxy) is 1. The topological polar surface area (TPSA) is 21.3 Å². The summed E-state index contributed by atoms with van der Waals surface area (Å²) in [7, 11) is 1.69. The van der Waals surface area contributed by atoms with Gasteiger partial charge < -0.3 is 10.1 Å². The Balaban J connectivity index is 2.70. The third-order valence-corrected chi connectivity index (χ3v) is 2.23. The molecule has 0 aliphatic heterocycles. The highest BCUT2D eigenvalue weighted by Gasteiger charge is 1.97. The molecule has 0 amide bonds. The minimum absolute atomic E-state index is 0.389. The zero-order valence-corrected chi connectivity index (χ0v) is 9.66. The van der Waals surface area contributed by atoms with Gasteiger partial charge in [-0.15, -0.1) is 0 Å². The quantitative estimate of drug-likeness (QED) is 0.798. The minimum atomic E-state index is 0.389. The van der Waals surface area contributed by atoms with E-state index < -0.39 is 0 Å². The molecule has 15 heavy (non-hydrogen) atoms. The summed E-state index contributed by atoms with van der Waals surface area (Å²) in [5.74, 6) is 0.914. The molecule has 1 aromatic carbocycles. The van der Waals surface area contributed by atoms with E-state index in [1.165, 1.54) is 0 Å². The second-order valence-corrected chi connectivity index (χ2v) is 3.45. The summed E-state index contributed by atoms with van der Waals surface area (Å²) < 4.78 is 5.27. The van der Waals surface area contributed by atoms with Crippen molar-refractivity contribution >= 4 is 6.08 Å². The zero-order chi connectivity index (χ0) is 11.1. The summed E-state index contributed by atoms with van der Waals surface area (Å²) in [6.07, 6.45) is 4.23. The minimum Gasteiger partial charge on any atom is -0.496 e. The summed E-state index contributed by atoms with van der Waals surface area (Å²) in [4.78, 5) is 0. The highest BCUT2D eigenvalue weighted by atomic mass is 16.5. The number of benzene rings is 1. The van der Waals surface area contributed by atoms with Crippen molar-refractivity contribution in [3.8, 4) is 5.75 Å². The number of nitrogens with one attached hydrogen (secondary N) is 1.